The molecular formula is C38H48N6O4. The van der Waals surface area contributed by atoms with Crippen LogP contribution < -0.4 is 26.6 Å². The molecule has 0 unspecified atom stereocenters. The first-order valence-corrected chi connectivity index (χ1v) is 17.1. The third kappa shape index (κ3) is 8.60. The Bertz CT molecular complexity index is 1470. The summed E-state index contributed by atoms with van der Waals surface area (Å²) in [4.78, 5) is 56.4. The zero-order valence-electron chi connectivity index (χ0n) is 27.9. The molecule has 48 heavy (non-hydrogen) atoms. The smallest absolute Gasteiger partial charge is 0.314 e. The minimum Gasteiger partial charge on any atom is -0.343 e. The number of urea groups is 1. The average Bonchev–Trinajstić information content (AvgIpc) is 3.50. The van der Waals surface area contributed by atoms with E-state index >= 15 is 0 Å². The molecule has 2 aliphatic heterocycles. The zero-order chi connectivity index (χ0) is 33.9. The van der Waals surface area contributed by atoms with Gasteiger partial charge in [0.15, 0.2) is 0 Å². The van der Waals surface area contributed by atoms with Crippen molar-refractivity contribution in [3.8, 4) is 0 Å². The Morgan fingerprint density at radius 3 is 2.02 bits per heavy atom. The van der Waals surface area contributed by atoms with Crippen molar-refractivity contribution in [3.63, 3.8) is 0 Å². The standard InChI is InChI=1S/C38H48N6O4/c1-3-40-38(48)41-24-23-29-19-20-30-21-22-32(36(46)42-33(27-15-9-5-10-16-27)28-17-11-6-12-18-28)44(30)37(47)34(29)43-35(45)31(39-2)25-26-13-7-4-8-14-26/h4-18,29-34,39H,3,19-25H2,1-2H3,(H,42,46)(H,43,45)(H2,40,41,48)/t29-,30+,31-,32+,34+/m1/s1. The summed E-state index contributed by atoms with van der Waals surface area (Å²) in [5.41, 5.74) is 2.91. The molecule has 3 aromatic carbocycles. The number of likely N-dealkylation sites (N-methyl/N-ethyl adjacent to an activating group) is 1. The van der Waals surface area contributed by atoms with Gasteiger partial charge in [-0.2, -0.15) is 0 Å². The number of benzene rings is 3. The summed E-state index contributed by atoms with van der Waals surface area (Å²) < 4.78 is 0. The van der Waals surface area contributed by atoms with Gasteiger partial charge in [-0.3, -0.25) is 14.4 Å². The molecule has 5 atom stereocenters. The lowest BCUT2D eigenvalue weighted by Gasteiger charge is -2.33. The van der Waals surface area contributed by atoms with Gasteiger partial charge < -0.3 is 31.5 Å². The summed E-state index contributed by atoms with van der Waals surface area (Å²) in [5, 5.41) is 15.1. The van der Waals surface area contributed by atoms with Gasteiger partial charge in [0.2, 0.25) is 17.7 Å². The second kappa shape index (κ2) is 16.9. The summed E-state index contributed by atoms with van der Waals surface area (Å²) in [7, 11) is 1.74. The van der Waals surface area contributed by atoms with Crippen LogP contribution in [0.25, 0.3) is 0 Å². The normalized spacial score (nSPS) is 21.1. The third-order valence-electron chi connectivity index (χ3n) is 9.60. The molecule has 2 heterocycles. The predicted octanol–water partition coefficient (Wildman–Crippen LogP) is 3.69. The lowest BCUT2D eigenvalue weighted by molar-refractivity contribution is -0.143. The maximum Gasteiger partial charge on any atom is 0.314 e. The number of hydrogen-bond donors (Lipinski definition) is 5. The van der Waals surface area contributed by atoms with Crippen LogP contribution in [0.3, 0.4) is 0 Å². The van der Waals surface area contributed by atoms with Crippen molar-refractivity contribution in [2.75, 3.05) is 20.1 Å². The summed E-state index contributed by atoms with van der Waals surface area (Å²) >= 11 is 0. The lowest BCUT2D eigenvalue weighted by Crippen LogP contribution is -2.58. The first-order valence-electron chi connectivity index (χ1n) is 17.1. The fourth-order valence-corrected chi connectivity index (χ4v) is 7.10. The van der Waals surface area contributed by atoms with E-state index in [0.717, 1.165) is 16.7 Å². The van der Waals surface area contributed by atoms with Crippen LogP contribution in [0.15, 0.2) is 91.0 Å². The van der Waals surface area contributed by atoms with Gasteiger partial charge in [0.1, 0.15) is 12.1 Å². The minimum absolute atomic E-state index is 0.106. The van der Waals surface area contributed by atoms with E-state index in [1.165, 1.54) is 0 Å². The van der Waals surface area contributed by atoms with Crippen molar-refractivity contribution in [2.24, 2.45) is 5.92 Å². The molecule has 2 fully saturated rings. The fraction of sp³-hybridized carbons (Fsp3) is 0.421. The quantitative estimate of drug-likeness (QED) is 0.192. The zero-order valence-corrected chi connectivity index (χ0v) is 27.9. The molecule has 0 radical (unpaired) electrons. The van der Waals surface area contributed by atoms with Crippen molar-refractivity contribution < 1.29 is 19.2 Å². The number of carbonyl (C=O) groups excluding carboxylic acids is 4. The summed E-state index contributed by atoms with van der Waals surface area (Å²) in [6.07, 6.45) is 3.64. The van der Waals surface area contributed by atoms with Crippen molar-refractivity contribution in [3.05, 3.63) is 108 Å². The van der Waals surface area contributed by atoms with E-state index in [2.05, 4.69) is 26.6 Å². The van der Waals surface area contributed by atoms with Crippen molar-refractivity contribution in [1.29, 1.82) is 0 Å². The number of carbonyl (C=O) groups is 4. The Morgan fingerprint density at radius 1 is 0.812 bits per heavy atom. The number of nitrogens with zero attached hydrogens (tertiary/aromatic N) is 1. The Morgan fingerprint density at radius 2 is 1.42 bits per heavy atom. The first kappa shape index (κ1) is 34.6. The van der Waals surface area contributed by atoms with Crippen LogP contribution >= 0.6 is 0 Å². The molecule has 5 N–H and O–H groups in total. The van der Waals surface area contributed by atoms with Crippen LogP contribution in [-0.4, -0.2) is 73.0 Å². The molecular weight excluding hydrogens is 604 g/mol. The van der Waals surface area contributed by atoms with Gasteiger partial charge in [0, 0.05) is 19.1 Å². The van der Waals surface area contributed by atoms with Crippen LogP contribution in [0.1, 0.15) is 61.8 Å². The van der Waals surface area contributed by atoms with E-state index in [9.17, 15) is 19.2 Å². The minimum atomic E-state index is -0.836. The molecule has 0 saturated carbocycles. The van der Waals surface area contributed by atoms with Crippen LogP contribution in [0.2, 0.25) is 0 Å². The van der Waals surface area contributed by atoms with E-state index in [4.69, 9.17) is 0 Å². The van der Waals surface area contributed by atoms with Crippen LogP contribution in [0.5, 0.6) is 0 Å². The largest absolute Gasteiger partial charge is 0.343 e. The molecule has 10 nitrogen and oxygen atoms in total. The molecule has 0 spiro atoms. The topological polar surface area (TPSA) is 132 Å². The Balaban J connectivity index is 1.37. The molecule has 254 valence electrons. The SMILES string of the molecule is CCNC(=O)NCC[C@H]1CC[C@H]2CC[C@@H](C(=O)NC(c3ccccc3)c3ccccc3)N2C(=O)[C@H]1NC(=O)[C@@H](Cc1ccccc1)NC. The van der Waals surface area contributed by atoms with Crippen LogP contribution in [-0.2, 0) is 20.8 Å². The molecule has 0 bridgehead atoms. The molecule has 5 rings (SSSR count). The van der Waals surface area contributed by atoms with Gasteiger partial charge in [-0.15, -0.1) is 0 Å². The highest BCUT2D eigenvalue weighted by Gasteiger charge is 2.48. The number of amides is 5. The van der Waals surface area contributed by atoms with E-state index < -0.39 is 18.1 Å². The molecule has 5 amide bonds. The Labute approximate surface area is 283 Å². The second-order valence-corrected chi connectivity index (χ2v) is 12.7. The van der Waals surface area contributed by atoms with E-state index in [-0.39, 0.29) is 41.8 Å². The molecule has 2 aliphatic rings. The third-order valence-corrected chi connectivity index (χ3v) is 9.60. The maximum absolute atomic E-state index is 14.6. The molecule has 0 aliphatic carbocycles. The van der Waals surface area contributed by atoms with Crippen molar-refractivity contribution in [2.45, 2.75) is 75.7 Å². The highest BCUT2D eigenvalue weighted by Crippen LogP contribution is 2.35. The number of hydrogen-bond acceptors (Lipinski definition) is 5. The summed E-state index contributed by atoms with van der Waals surface area (Å²) in [6, 6.07) is 26.6. The molecule has 2 saturated heterocycles. The number of fused-ring (bicyclic) bond motifs is 1. The average molecular weight is 653 g/mol. The van der Waals surface area contributed by atoms with Gasteiger partial charge in [0.05, 0.1) is 12.1 Å². The van der Waals surface area contributed by atoms with Crippen molar-refractivity contribution >= 4 is 23.8 Å². The monoisotopic (exact) mass is 652 g/mol. The lowest BCUT2D eigenvalue weighted by atomic mass is 9.90. The highest BCUT2D eigenvalue weighted by atomic mass is 16.2. The molecule has 0 aromatic heterocycles. The Hall–Kier alpha value is -4.70. The maximum atomic E-state index is 14.6. The molecule has 3 aromatic rings. The Kier molecular flexibility index (Phi) is 12.2. The van der Waals surface area contributed by atoms with Gasteiger partial charge >= 0.3 is 6.03 Å². The van der Waals surface area contributed by atoms with Gasteiger partial charge in [-0.1, -0.05) is 91.0 Å². The molecule has 10 heteroatoms. The van der Waals surface area contributed by atoms with E-state index in [1.807, 2.05) is 97.9 Å². The van der Waals surface area contributed by atoms with Gasteiger partial charge in [-0.05, 0) is 75.1 Å². The van der Waals surface area contributed by atoms with Gasteiger partial charge in [-0.25, -0.2) is 4.79 Å². The van der Waals surface area contributed by atoms with Gasteiger partial charge in [0.25, 0.3) is 0 Å². The predicted molar refractivity (Wildman–Crippen MR) is 186 cm³/mol. The fourth-order valence-electron chi connectivity index (χ4n) is 7.10. The number of nitrogens with one attached hydrogen (secondary N) is 5. The summed E-state index contributed by atoms with van der Waals surface area (Å²) in [5.74, 6) is -0.930. The first-order chi connectivity index (χ1) is 23.4. The van der Waals surface area contributed by atoms with Crippen molar-refractivity contribution in [1.82, 2.24) is 31.5 Å². The van der Waals surface area contributed by atoms with Crippen LogP contribution in [0.4, 0.5) is 4.79 Å². The van der Waals surface area contributed by atoms with E-state index in [0.29, 0.717) is 51.6 Å². The summed E-state index contributed by atoms with van der Waals surface area (Å²) in [6.45, 7) is 2.72. The number of rotatable bonds is 13. The highest BCUT2D eigenvalue weighted by molar-refractivity contribution is 5.94. The van der Waals surface area contributed by atoms with E-state index in [1.54, 1.807) is 11.9 Å². The van der Waals surface area contributed by atoms with Crippen LogP contribution in [0, 0.1) is 5.92 Å². The second-order valence-electron chi connectivity index (χ2n) is 12.7.